The van der Waals surface area contributed by atoms with E-state index in [-0.39, 0.29) is 17.1 Å². The van der Waals surface area contributed by atoms with E-state index in [2.05, 4.69) is 32.2 Å². The van der Waals surface area contributed by atoms with Crippen molar-refractivity contribution in [2.45, 2.75) is 46.0 Å². The number of carbonyl (C=O) groups is 1. The zero-order valence-electron chi connectivity index (χ0n) is 20.8. The van der Waals surface area contributed by atoms with Crippen LogP contribution < -0.4 is 24.3 Å². The van der Waals surface area contributed by atoms with Crippen LogP contribution in [0.3, 0.4) is 0 Å². The highest BCUT2D eigenvalue weighted by Gasteiger charge is 2.33. The average Bonchev–Trinajstić information content (AvgIpc) is 3.40. The first-order valence-electron chi connectivity index (χ1n) is 11.2. The fourth-order valence-electron chi connectivity index (χ4n) is 4.82. The molecule has 4 rings (SSSR count). The van der Waals surface area contributed by atoms with Crippen LogP contribution in [0, 0.1) is 13.8 Å². The van der Waals surface area contributed by atoms with Crippen LogP contribution in [0.5, 0.6) is 28.9 Å². The molecule has 0 fully saturated rings. The van der Waals surface area contributed by atoms with E-state index in [1.165, 1.54) is 25.3 Å². The summed E-state index contributed by atoms with van der Waals surface area (Å²) in [5.41, 5.74) is 5.38. The lowest BCUT2D eigenvalue weighted by Crippen LogP contribution is -2.14. The second-order valence-electron chi connectivity index (χ2n) is 9.15. The smallest absolute Gasteiger partial charge is 0.291 e. The normalized spacial score (nSPS) is 13.9. The average molecular weight is 466 g/mol. The summed E-state index contributed by atoms with van der Waals surface area (Å²) in [6.45, 7) is 8.66. The number of methoxy groups -OCH3 is 3. The summed E-state index contributed by atoms with van der Waals surface area (Å²) < 4.78 is 28.0. The number of ether oxygens (including phenoxy) is 4. The molecule has 0 aliphatic heterocycles. The van der Waals surface area contributed by atoms with Crippen molar-refractivity contribution in [3.63, 3.8) is 0 Å². The van der Waals surface area contributed by atoms with Crippen molar-refractivity contribution in [1.82, 2.24) is 0 Å². The Balaban J connectivity index is 1.58. The summed E-state index contributed by atoms with van der Waals surface area (Å²) >= 11 is 0. The monoisotopic (exact) mass is 465 g/mol. The van der Waals surface area contributed by atoms with Crippen molar-refractivity contribution >= 4 is 11.6 Å². The molecule has 1 aromatic heterocycles. The third kappa shape index (κ3) is 4.18. The van der Waals surface area contributed by atoms with Crippen LogP contribution in [0.1, 0.15) is 53.1 Å². The van der Waals surface area contributed by atoms with Crippen molar-refractivity contribution in [3.05, 3.63) is 58.3 Å². The topological polar surface area (TPSA) is 79.2 Å². The fraction of sp³-hybridized carbons (Fsp3) is 0.370. The molecule has 0 saturated carbocycles. The minimum atomic E-state index is -0.458. The van der Waals surface area contributed by atoms with Crippen molar-refractivity contribution in [3.8, 4) is 28.9 Å². The minimum Gasteiger partial charge on any atom is -0.496 e. The molecule has 0 saturated heterocycles. The number of carbonyl (C=O) groups excluding carboxylic acids is 1. The van der Waals surface area contributed by atoms with Gasteiger partial charge in [-0.05, 0) is 60.4 Å². The zero-order chi connectivity index (χ0) is 24.6. The summed E-state index contributed by atoms with van der Waals surface area (Å²) in [6.07, 6.45) is 2.20. The van der Waals surface area contributed by atoms with Gasteiger partial charge in [-0.1, -0.05) is 19.9 Å². The van der Waals surface area contributed by atoms with Crippen LogP contribution in [0.2, 0.25) is 0 Å². The Morgan fingerprint density at radius 2 is 1.68 bits per heavy atom. The van der Waals surface area contributed by atoms with Crippen LogP contribution in [0.25, 0.3) is 0 Å². The number of hydrogen-bond acceptors (Lipinski definition) is 6. The number of anilines is 1. The molecule has 1 amide bonds. The first-order valence-corrected chi connectivity index (χ1v) is 11.2. The van der Waals surface area contributed by atoms with Gasteiger partial charge in [0.1, 0.15) is 28.7 Å². The Bertz CT molecular complexity index is 1220. The number of aryl methyl sites for hydroxylation is 2. The van der Waals surface area contributed by atoms with Crippen LogP contribution in [-0.2, 0) is 11.8 Å². The van der Waals surface area contributed by atoms with E-state index in [0.717, 1.165) is 29.7 Å². The van der Waals surface area contributed by atoms with Gasteiger partial charge in [0.15, 0.2) is 5.76 Å². The van der Waals surface area contributed by atoms with E-state index in [0.29, 0.717) is 22.9 Å². The molecule has 1 aliphatic rings. The Kier molecular flexibility index (Phi) is 6.21. The number of hydrogen-bond donors (Lipinski definition) is 1. The highest BCUT2D eigenvalue weighted by molar-refractivity contribution is 6.04. The fourth-order valence-corrected chi connectivity index (χ4v) is 4.82. The molecule has 3 aromatic rings. The van der Waals surface area contributed by atoms with Gasteiger partial charge in [0.05, 0.1) is 21.3 Å². The quantitative estimate of drug-likeness (QED) is 0.448. The second kappa shape index (κ2) is 8.97. The predicted molar refractivity (Wildman–Crippen MR) is 130 cm³/mol. The molecule has 0 atom stereocenters. The van der Waals surface area contributed by atoms with E-state index in [1.54, 1.807) is 31.4 Å². The second-order valence-corrected chi connectivity index (χ2v) is 9.15. The lowest BCUT2D eigenvalue weighted by Gasteiger charge is -2.23. The largest absolute Gasteiger partial charge is 0.496 e. The molecule has 0 spiro atoms. The molecule has 180 valence electrons. The van der Waals surface area contributed by atoms with Crippen LogP contribution in [0.15, 0.2) is 34.7 Å². The summed E-state index contributed by atoms with van der Waals surface area (Å²) in [5.74, 6) is 2.02. The van der Waals surface area contributed by atoms with Crippen molar-refractivity contribution in [2.24, 2.45) is 0 Å². The van der Waals surface area contributed by atoms with E-state index in [1.807, 2.05) is 6.92 Å². The van der Waals surface area contributed by atoms with Crippen molar-refractivity contribution < 1.29 is 28.2 Å². The third-order valence-corrected chi connectivity index (χ3v) is 6.44. The molecule has 2 aromatic carbocycles. The number of nitrogens with one attached hydrogen (secondary N) is 1. The highest BCUT2D eigenvalue weighted by Crippen LogP contribution is 2.45. The van der Waals surface area contributed by atoms with Crippen LogP contribution in [0.4, 0.5) is 5.69 Å². The van der Waals surface area contributed by atoms with E-state index >= 15 is 0 Å². The molecule has 7 nitrogen and oxygen atoms in total. The number of benzene rings is 2. The zero-order valence-corrected chi connectivity index (χ0v) is 20.8. The molecular formula is C27H31NO6. The number of amides is 1. The summed E-state index contributed by atoms with van der Waals surface area (Å²) in [5, 5.41) is 2.80. The number of rotatable bonds is 7. The van der Waals surface area contributed by atoms with Gasteiger partial charge in [-0.3, -0.25) is 4.79 Å². The lowest BCUT2D eigenvalue weighted by atomic mass is 9.83. The lowest BCUT2D eigenvalue weighted by molar-refractivity contribution is 0.0991. The molecule has 34 heavy (non-hydrogen) atoms. The molecule has 1 heterocycles. The standard InChI is InChI=1S/C27H31NO6/c1-15-12-17-10-11-27(3,4)23(17)16(2)25(15)34-22-9-8-19(33-22)26(29)28-24-20(31-6)13-18(30-5)14-21(24)32-7/h8-9,12-14H,10-11H2,1-7H3,(H,28,29). The maximum absolute atomic E-state index is 12.9. The molecule has 1 N–H and O–H groups in total. The van der Waals surface area contributed by atoms with Gasteiger partial charge >= 0.3 is 0 Å². The minimum absolute atomic E-state index is 0.103. The number of furan rings is 1. The maximum atomic E-state index is 12.9. The molecule has 0 unspecified atom stereocenters. The van der Waals surface area contributed by atoms with Gasteiger partial charge in [0, 0.05) is 18.2 Å². The van der Waals surface area contributed by atoms with Gasteiger partial charge in [0.2, 0.25) is 0 Å². The van der Waals surface area contributed by atoms with Gasteiger partial charge in [-0.15, -0.1) is 0 Å². The van der Waals surface area contributed by atoms with Crippen molar-refractivity contribution in [2.75, 3.05) is 26.6 Å². The Morgan fingerprint density at radius 1 is 1.00 bits per heavy atom. The van der Waals surface area contributed by atoms with Crippen LogP contribution in [-0.4, -0.2) is 27.2 Å². The van der Waals surface area contributed by atoms with Gasteiger partial charge < -0.3 is 28.7 Å². The molecule has 0 radical (unpaired) electrons. The Morgan fingerprint density at radius 3 is 2.29 bits per heavy atom. The van der Waals surface area contributed by atoms with E-state index < -0.39 is 5.91 Å². The first-order chi connectivity index (χ1) is 16.2. The predicted octanol–water partition coefficient (Wildman–Crippen LogP) is 6.19. The van der Waals surface area contributed by atoms with Gasteiger partial charge in [-0.2, -0.15) is 0 Å². The Hall–Kier alpha value is -3.61. The number of fused-ring (bicyclic) bond motifs is 1. The van der Waals surface area contributed by atoms with Crippen LogP contribution >= 0.6 is 0 Å². The van der Waals surface area contributed by atoms with E-state index in [4.69, 9.17) is 23.4 Å². The van der Waals surface area contributed by atoms with Crippen molar-refractivity contribution in [1.29, 1.82) is 0 Å². The van der Waals surface area contributed by atoms with Gasteiger partial charge in [-0.25, -0.2) is 0 Å². The summed E-state index contributed by atoms with van der Waals surface area (Å²) in [7, 11) is 4.55. The van der Waals surface area contributed by atoms with Gasteiger partial charge in [0.25, 0.3) is 11.9 Å². The summed E-state index contributed by atoms with van der Waals surface area (Å²) in [6, 6.07) is 8.75. The SMILES string of the molecule is COc1cc(OC)c(NC(=O)c2ccc(Oc3c(C)cc4c(c3C)C(C)(C)CC4)o2)c(OC)c1. The Labute approximate surface area is 200 Å². The van der Waals surface area contributed by atoms with E-state index in [9.17, 15) is 4.79 Å². The molecule has 0 bridgehead atoms. The molecule has 1 aliphatic carbocycles. The maximum Gasteiger partial charge on any atom is 0.291 e. The first kappa shape index (κ1) is 23.5. The summed E-state index contributed by atoms with van der Waals surface area (Å²) in [4.78, 5) is 12.9. The molecule has 7 heteroatoms. The molecular weight excluding hydrogens is 434 g/mol. The third-order valence-electron chi connectivity index (χ3n) is 6.44. The highest BCUT2D eigenvalue weighted by atomic mass is 16.6.